The van der Waals surface area contributed by atoms with Crippen LogP contribution < -0.4 is 11.1 Å². The Balaban J connectivity index is 3.31. The van der Waals surface area contributed by atoms with E-state index >= 15 is 0 Å². The standard InChI is InChI=1S/C8H16N2O4/c9-6(11)3-1-2-4-7(12)10-5-8(13)14/h8,13-14H,1-5H2,(H2,9,11)(H,10,12). The van der Waals surface area contributed by atoms with Crippen LogP contribution in [-0.4, -0.2) is 34.9 Å². The zero-order valence-electron chi connectivity index (χ0n) is 7.90. The van der Waals surface area contributed by atoms with Crippen LogP contribution in [0.5, 0.6) is 0 Å². The topological polar surface area (TPSA) is 113 Å². The maximum atomic E-state index is 10.9. The number of hydrogen-bond acceptors (Lipinski definition) is 4. The van der Waals surface area contributed by atoms with Gasteiger partial charge in [-0.1, -0.05) is 0 Å². The molecule has 0 aliphatic heterocycles. The third-order valence-corrected chi connectivity index (χ3v) is 1.56. The first kappa shape index (κ1) is 12.9. The van der Waals surface area contributed by atoms with Gasteiger partial charge in [-0.05, 0) is 12.8 Å². The van der Waals surface area contributed by atoms with Gasteiger partial charge in [0.05, 0.1) is 6.54 Å². The molecular formula is C8H16N2O4. The van der Waals surface area contributed by atoms with E-state index in [1.807, 2.05) is 0 Å². The summed E-state index contributed by atoms with van der Waals surface area (Å²) in [6.07, 6.45) is 0.154. The molecule has 0 aromatic heterocycles. The highest BCUT2D eigenvalue weighted by Crippen LogP contribution is 1.98. The van der Waals surface area contributed by atoms with Crippen molar-refractivity contribution in [3.63, 3.8) is 0 Å². The number of rotatable bonds is 7. The Kier molecular flexibility index (Phi) is 6.69. The summed E-state index contributed by atoms with van der Waals surface area (Å²) in [4.78, 5) is 21.3. The van der Waals surface area contributed by atoms with E-state index in [-0.39, 0.29) is 31.2 Å². The Bertz CT molecular complexity index is 194. The predicted molar refractivity (Wildman–Crippen MR) is 48.9 cm³/mol. The van der Waals surface area contributed by atoms with E-state index in [0.29, 0.717) is 12.8 Å². The summed E-state index contributed by atoms with van der Waals surface area (Å²) in [5.41, 5.74) is 4.90. The van der Waals surface area contributed by atoms with Gasteiger partial charge in [0.15, 0.2) is 6.29 Å². The third-order valence-electron chi connectivity index (χ3n) is 1.56. The summed E-state index contributed by atoms with van der Waals surface area (Å²) in [6.45, 7) is -0.172. The van der Waals surface area contributed by atoms with Gasteiger partial charge in [0.2, 0.25) is 11.8 Å². The fourth-order valence-electron chi connectivity index (χ4n) is 0.878. The number of aliphatic hydroxyl groups excluding tert-OH is 1. The molecule has 0 aromatic carbocycles. The minimum Gasteiger partial charge on any atom is -0.370 e. The lowest BCUT2D eigenvalue weighted by Gasteiger charge is -2.05. The fraction of sp³-hybridized carbons (Fsp3) is 0.750. The fourth-order valence-corrected chi connectivity index (χ4v) is 0.878. The Labute approximate surface area is 82.1 Å². The molecule has 6 nitrogen and oxygen atoms in total. The summed E-state index contributed by atoms with van der Waals surface area (Å²) < 4.78 is 0. The average Bonchev–Trinajstić information content (AvgIpc) is 2.08. The van der Waals surface area contributed by atoms with Crippen LogP contribution in [0.3, 0.4) is 0 Å². The molecule has 0 spiro atoms. The van der Waals surface area contributed by atoms with Crippen molar-refractivity contribution in [1.82, 2.24) is 5.32 Å². The van der Waals surface area contributed by atoms with Crippen LogP contribution in [0, 0.1) is 0 Å². The molecule has 0 aromatic rings. The lowest BCUT2D eigenvalue weighted by molar-refractivity contribution is -0.124. The Morgan fingerprint density at radius 3 is 2.29 bits per heavy atom. The van der Waals surface area contributed by atoms with Crippen molar-refractivity contribution in [2.24, 2.45) is 5.73 Å². The van der Waals surface area contributed by atoms with Crippen LogP contribution in [0.15, 0.2) is 0 Å². The van der Waals surface area contributed by atoms with Gasteiger partial charge < -0.3 is 21.3 Å². The number of aliphatic hydroxyl groups is 2. The van der Waals surface area contributed by atoms with Gasteiger partial charge >= 0.3 is 0 Å². The van der Waals surface area contributed by atoms with E-state index in [1.54, 1.807) is 0 Å². The van der Waals surface area contributed by atoms with Crippen LogP contribution >= 0.6 is 0 Å². The number of carbonyl (C=O) groups is 2. The molecule has 82 valence electrons. The second kappa shape index (κ2) is 7.28. The number of amides is 2. The normalized spacial score (nSPS) is 10.2. The predicted octanol–water partition coefficient (Wildman–Crippen LogP) is -1.54. The van der Waals surface area contributed by atoms with Crippen molar-refractivity contribution in [2.45, 2.75) is 32.0 Å². The van der Waals surface area contributed by atoms with Crippen molar-refractivity contribution in [3.05, 3.63) is 0 Å². The van der Waals surface area contributed by atoms with Crippen LogP contribution in [0.25, 0.3) is 0 Å². The van der Waals surface area contributed by atoms with E-state index in [1.165, 1.54) is 0 Å². The molecule has 5 N–H and O–H groups in total. The summed E-state index contributed by atoms with van der Waals surface area (Å²) in [5.74, 6) is -0.640. The van der Waals surface area contributed by atoms with E-state index in [9.17, 15) is 9.59 Å². The van der Waals surface area contributed by atoms with Crippen LogP contribution in [0.1, 0.15) is 25.7 Å². The minimum atomic E-state index is -1.52. The molecule has 0 saturated heterocycles. The molecule has 0 unspecified atom stereocenters. The van der Waals surface area contributed by atoms with Crippen molar-refractivity contribution in [2.75, 3.05) is 6.54 Å². The minimum absolute atomic E-state index is 0.172. The van der Waals surface area contributed by atoms with Crippen LogP contribution in [0.4, 0.5) is 0 Å². The first-order chi connectivity index (χ1) is 6.52. The van der Waals surface area contributed by atoms with Crippen LogP contribution in [0.2, 0.25) is 0 Å². The summed E-state index contributed by atoms with van der Waals surface area (Å²) in [7, 11) is 0. The SMILES string of the molecule is NC(=O)CCCCC(=O)NCC(O)O. The van der Waals surface area contributed by atoms with Crippen molar-refractivity contribution in [1.29, 1.82) is 0 Å². The molecule has 14 heavy (non-hydrogen) atoms. The Morgan fingerprint density at radius 1 is 1.21 bits per heavy atom. The highest BCUT2D eigenvalue weighted by molar-refractivity contribution is 5.76. The highest BCUT2D eigenvalue weighted by atomic mass is 16.5. The maximum Gasteiger partial charge on any atom is 0.220 e. The summed E-state index contributed by atoms with van der Waals surface area (Å²) in [6, 6.07) is 0. The van der Waals surface area contributed by atoms with Gasteiger partial charge in [-0.15, -0.1) is 0 Å². The number of nitrogens with one attached hydrogen (secondary N) is 1. The molecule has 0 aliphatic carbocycles. The third kappa shape index (κ3) is 8.95. The molecule has 0 radical (unpaired) electrons. The van der Waals surface area contributed by atoms with Gasteiger partial charge in [0.25, 0.3) is 0 Å². The molecule has 0 bridgehead atoms. The number of nitrogens with two attached hydrogens (primary N) is 1. The first-order valence-corrected chi connectivity index (χ1v) is 4.43. The zero-order chi connectivity index (χ0) is 11.0. The van der Waals surface area contributed by atoms with Crippen molar-refractivity contribution >= 4 is 11.8 Å². The van der Waals surface area contributed by atoms with Gasteiger partial charge in [-0.25, -0.2) is 0 Å². The molecule has 6 heteroatoms. The van der Waals surface area contributed by atoms with Gasteiger partial charge in [0.1, 0.15) is 0 Å². The largest absolute Gasteiger partial charge is 0.370 e. The molecular weight excluding hydrogens is 188 g/mol. The van der Waals surface area contributed by atoms with Gasteiger partial charge in [-0.2, -0.15) is 0 Å². The first-order valence-electron chi connectivity index (χ1n) is 4.43. The van der Waals surface area contributed by atoms with Crippen molar-refractivity contribution < 1.29 is 19.8 Å². The van der Waals surface area contributed by atoms with E-state index in [2.05, 4.69) is 5.32 Å². The lowest BCUT2D eigenvalue weighted by atomic mass is 10.2. The smallest absolute Gasteiger partial charge is 0.220 e. The number of primary amides is 1. The molecule has 0 saturated carbocycles. The molecule has 0 fully saturated rings. The number of unbranched alkanes of at least 4 members (excludes halogenated alkanes) is 1. The van der Waals surface area contributed by atoms with Crippen LogP contribution in [-0.2, 0) is 9.59 Å². The summed E-state index contributed by atoms with van der Waals surface area (Å²) >= 11 is 0. The molecule has 0 heterocycles. The van der Waals surface area contributed by atoms with E-state index < -0.39 is 6.29 Å². The second-order valence-electron chi connectivity index (χ2n) is 2.96. The molecule has 2 amide bonds. The van der Waals surface area contributed by atoms with Gasteiger partial charge in [-0.3, -0.25) is 9.59 Å². The molecule has 0 atom stereocenters. The quantitative estimate of drug-likeness (QED) is 0.297. The van der Waals surface area contributed by atoms with Gasteiger partial charge in [0, 0.05) is 12.8 Å². The van der Waals surface area contributed by atoms with E-state index in [0.717, 1.165) is 0 Å². The average molecular weight is 204 g/mol. The Morgan fingerprint density at radius 2 is 1.79 bits per heavy atom. The highest BCUT2D eigenvalue weighted by Gasteiger charge is 2.03. The monoisotopic (exact) mass is 204 g/mol. The number of hydrogen-bond donors (Lipinski definition) is 4. The molecule has 0 aliphatic rings. The van der Waals surface area contributed by atoms with Crippen molar-refractivity contribution in [3.8, 4) is 0 Å². The Hall–Kier alpha value is -1.14. The molecule has 0 rings (SSSR count). The maximum absolute atomic E-state index is 10.9. The number of carbonyl (C=O) groups excluding carboxylic acids is 2. The lowest BCUT2D eigenvalue weighted by Crippen LogP contribution is -2.31. The van der Waals surface area contributed by atoms with E-state index in [4.69, 9.17) is 15.9 Å². The zero-order valence-corrected chi connectivity index (χ0v) is 7.90. The second-order valence-corrected chi connectivity index (χ2v) is 2.96. The summed E-state index contributed by atoms with van der Waals surface area (Å²) in [5, 5.41) is 19.2.